The number of fused-ring (bicyclic) bond motifs is 1. The molecular formula is C29H26F2N8O3S. The first-order chi connectivity index (χ1) is 20.7. The number of piperazine rings is 1. The number of H-pyrrole nitrogens is 2. The maximum Gasteiger partial charge on any atom is 0.273 e. The monoisotopic (exact) mass is 604 g/mol. The molecule has 14 heteroatoms. The summed E-state index contributed by atoms with van der Waals surface area (Å²) in [7, 11) is 0.162. The number of carbonyl (C=O) groups excluding carboxylic acids is 2. The molecule has 6 rings (SSSR count). The lowest BCUT2D eigenvalue weighted by Gasteiger charge is -2.34. The normalized spacial score (nSPS) is 14.5. The first-order valence-corrected chi connectivity index (χ1v) is 14.4. The minimum Gasteiger partial charge on any atom is -0.369 e. The summed E-state index contributed by atoms with van der Waals surface area (Å²) in [5, 5.41) is 13.0. The summed E-state index contributed by atoms with van der Waals surface area (Å²) in [5.74, 6) is -2.53. The molecule has 2 aromatic heterocycles. The Balaban J connectivity index is 1.30. The summed E-state index contributed by atoms with van der Waals surface area (Å²) in [6.45, 7) is 3.35. The van der Waals surface area contributed by atoms with Crippen LogP contribution in [0.1, 0.15) is 20.8 Å². The molecule has 3 aromatic carbocycles. The zero-order chi connectivity index (χ0) is 30.1. The van der Waals surface area contributed by atoms with E-state index in [2.05, 4.69) is 47.6 Å². The number of nitrogens with zero attached hydrogens (tertiary/aromatic N) is 4. The molecule has 0 spiro atoms. The van der Waals surface area contributed by atoms with Crippen molar-refractivity contribution < 1.29 is 22.6 Å². The lowest BCUT2D eigenvalue weighted by atomic mass is 10.1. The van der Waals surface area contributed by atoms with Crippen LogP contribution >= 0.6 is 0 Å². The molecule has 43 heavy (non-hydrogen) atoms. The second-order valence-electron chi connectivity index (χ2n) is 10.0. The number of rotatable bonds is 7. The van der Waals surface area contributed by atoms with Gasteiger partial charge in [-0.05, 0) is 55.6 Å². The predicted molar refractivity (Wildman–Crippen MR) is 158 cm³/mol. The first-order valence-electron chi connectivity index (χ1n) is 13.3. The molecule has 1 aliphatic heterocycles. The van der Waals surface area contributed by atoms with Crippen LogP contribution in [0, 0.1) is 11.6 Å². The minimum atomic E-state index is -1.89. The molecule has 2 amide bonds. The minimum absolute atomic E-state index is 0.0379. The van der Waals surface area contributed by atoms with Gasteiger partial charge in [-0.25, -0.2) is 18.0 Å². The Labute approximate surface area is 246 Å². The van der Waals surface area contributed by atoms with Crippen molar-refractivity contribution in [2.24, 2.45) is 0 Å². The van der Waals surface area contributed by atoms with E-state index in [9.17, 15) is 22.6 Å². The molecule has 5 aromatic rings. The molecule has 1 saturated heterocycles. The summed E-state index contributed by atoms with van der Waals surface area (Å²) < 4.78 is 40.6. The van der Waals surface area contributed by atoms with E-state index < -0.39 is 34.2 Å². The van der Waals surface area contributed by atoms with Crippen LogP contribution in [0.3, 0.4) is 0 Å². The van der Waals surface area contributed by atoms with Crippen molar-refractivity contribution in [2.45, 2.75) is 9.79 Å². The molecule has 220 valence electrons. The number of aromatic nitrogens is 4. The fourth-order valence-corrected chi connectivity index (χ4v) is 5.94. The number of carbonyl (C=O) groups is 2. The van der Waals surface area contributed by atoms with Gasteiger partial charge in [0.1, 0.15) is 17.3 Å². The summed E-state index contributed by atoms with van der Waals surface area (Å²) in [6, 6.07) is 12.6. The molecule has 0 radical (unpaired) electrons. The molecule has 1 unspecified atom stereocenters. The molecule has 1 atom stereocenters. The van der Waals surface area contributed by atoms with Gasteiger partial charge in [0.15, 0.2) is 5.82 Å². The number of hydrogen-bond acceptors (Lipinski definition) is 7. The van der Waals surface area contributed by atoms with Crippen LogP contribution in [-0.4, -0.2) is 74.3 Å². The van der Waals surface area contributed by atoms with Crippen LogP contribution in [-0.2, 0) is 10.8 Å². The Morgan fingerprint density at radius 2 is 1.67 bits per heavy atom. The highest BCUT2D eigenvalue weighted by molar-refractivity contribution is 7.85. The van der Waals surface area contributed by atoms with Gasteiger partial charge in [0.25, 0.3) is 11.8 Å². The van der Waals surface area contributed by atoms with Crippen molar-refractivity contribution in [3.05, 3.63) is 90.0 Å². The Hall–Kier alpha value is -4.95. The Kier molecular flexibility index (Phi) is 7.69. The van der Waals surface area contributed by atoms with Gasteiger partial charge in [0.2, 0.25) is 0 Å². The van der Waals surface area contributed by atoms with Gasteiger partial charge in [0.05, 0.1) is 40.1 Å². The van der Waals surface area contributed by atoms with Crippen molar-refractivity contribution in [3.8, 4) is 0 Å². The largest absolute Gasteiger partial charge is 0.369 e. The van der Waals surface area contributed by atoms with Crippen LogP contribution in [0.5, 0.6) is 0 Å². The molecular weight excluding hydrogens is 578 g/mol. The van der Waals surface area contributed by atoms with Crippen molar-refractivity contribution in [3.63, 3.8) is 0 Å². The Bertz CT molecular complexity index is 1830. The van der Waals surface area contributed by atoms with Gasteiger partial charge in [-0.15, -0.1) is 0 Å². The van der Waals surface area contributed by atoms with Crippen LogP contribution in [0.25, 0.3) is 10.9 Å². The molecule has 3 heterocycles. The molecule has 1 fully saturated rings. The van der Waals surface area contributed by atoms with E-state index in [1.165, 1.54) is 18.6 Å². The van der Waals surface area contributed by atoms with Crippen LogP contribution in [0.2, 0.25) is 0 Å². The maximum atomic E-state index is 13.7. The highest BCUT2D eigenvalue weighted by atomic mass is 32.2. The van der Waals surface area contributed by atoms with E-state index in [1.54, 1.807) is 24.3 Å². The fraction of sp³-hybridized carbons (Fsp3) is 0.172. The number of nitrogens with one attached hydrogen (secondary N) is 4. The molecule has 0 saturated carbocycles. The summed E-state index contributed by atoms with van der Waals surface area (Å²) in [5.41, 5.74) is 2.11. The summed E-state index contributed by atoms with van der Waals surface area (Å²) in [6.07, 6.45) is 2.77. The second-order valence-corrected chi connectivity index (χ2v) is 11.5. The average Bonchev–Trinajstić information content (AvgIpc) is 3.67. The van der Waals surface area contributed by atoms with E-state index in [0.29, 0.717) is 22.7 Å². The molecule has 4 N–H and O–H groups in total. The lowest BCUT2D eigenvalue weighted by molar-refractivity contribution is 0.102. The van der Waals surface area contributed by atoms with Gasteiger partial charge in [-0.2, -0.15) is 5.10 Å². The second kappa shape index (κ2) is 11.7. The van der Waals surface area contributed by atoms with E-state index >= 15 is 0 Å². The average molecular weight is 605 g/mol. The lowest BCUT2D eigenvalue weighted by Crippen LogP contribution is -2.44. The topological polar surface area (TPSA) is 139 Å². The van der Waals surface area contributed by atoms with Crippen LogP contribution in [0.4, 0.5) is 26.0 Å². The molecule has 11 nitrogen and oxygen atoms in total. The molecule has 0 bridgehead atoms. The van der Waals surface area contributed by atoms with Crippen molar-refractivity contribution in [1.29, 1.82) is 0 Å². The predicted octanol–water partition coefficient (Wildman–Crippen LogP) is 3.99. The smallest absolute Gasteiger partial charge is 0.273 e. The van der Waals surface area contributed by atoms with Gasteiger partial charge in [-0.1, -0.05) is 0 Å². The van der Waals surface area contributed by atoms with Crippen molar-refractivity contribution >= 4 is 50.7 Å². The summed E-state index contributed by atoms with van der Waals surface area (Å²) in [4.78, 5) is 37.8. The number of aromatic amines is 2. The van der Waals surface area contributed by atoms with Crippen molar-refractivity contribution in [1.82, 2.24) is 25.1 Å². The van der Waals surface area contributed by atoms with Gasteiger partial charge in [0, 0.05) is 53.1 Å². The Morgan fingerprint density at radius 1 is 0.907 bits per heavy atom. The standard InChI is InChI=1S/C29H26F2N8O3S/c1-38-6-8-39(9-7-38)19-2-4-22(25(13-19)34-29(41)26-15-32-16-33-26)28(40)35-27-23-14-20(3-5-24(23)36-37-27)43(42)21-11-17(30)10-18(31)12-21/h2-5,10-16H,6-9H2,1H3,(H,32,33)(H,34,41)(H2,35,36,37,40). The number of hydrogen-bond donors (Lipinski definition) is 4. The van der Waals surface area contributed by atoms with Crippen molar-refractivity contribution in [2.75, 3.05) is 48.8 Å². The molecule has 1 aliphatic rings. The van der Waals surface area contributed by atoms with Gasteiger partial charge >= 0.3 is 0 Å². The van der Waals surface area contributed by atoms with Crippen LogP contribution in [0.15, 0.2) is 76.9 Å². The number of anilines is 3. The van der Waals surface area contributed by atoms with E-state index in [4.69, 9.17) is 0 Å². The number of imidazole rings is 1. The van der Waals surface area contributed by atoms with E-state index in [1.807, 2.05) is 6.07 Å². The summed E-state index contributed by atoms with van der Waals surface area (Å²) >= 11 is 0. The highest BCUT2D eigenvalue weighted by Crippen LogP contribution is 2.29. The number of likely N-dealkylation sites (N-methyl/N-ethyl adjacent to an activating group) is 1. The SMILES string of the molecule is CN1CCN(c2ccc(C(=O)Nc3n[nH]c4ccc(S(=O)c5cc(F)cc(F)c5)cc34)c(NC(=O)c3cnc[nH]3)c2)CC1. The molecule has 0 aliphatic carbocycles. The van der Waals surface area contributed by atoms with E-state index in [-0.39, 0.29) is 26.9 Å². The number of amides is 2. The third-order valence-corrected chi connectivity index (χ3v) is 8.48. The fourth-order valence-electron chi connectivity index (χ4n) is 4.81. The zero-order valence-corrected chi connectivity index (χ0v) is 23.7. The van der Waals surface area contributed by atoms with Gasteiger partial charge < -0.3 is 25.4 Å². The van der Waals surface area contributed by atoms with Gasteiger partial charge in [-0.3, -0.25) is 14.7 Å². The third kappa shape index (κ3) is 6.01. The zero-order valence-electron chi connectivity index (χ0n) is 22.9. The number of benzene rings is 3. The Morgan fingerprint density at radius 3 is 2.40 bits per heavy atom. The first kappa shape index (κ1) is 28.2. The van der Waals surface area contributed by atoms with E-state index in [0.717, 1.165) is 44.0 Å². The third-order valence-electron chi connectivity index (χ3n) is 7.14. The number of halogens is 2. The quantitative estimate of drug-likeness (QED) is 0.220. The van der Waals surface area contributed by atoms with Crippen LogP contribution < -0.4 is 15.5 Å². The highest BCUT2D eigenvalue weighted by Gasteiger charge is 2.21. The maximum absolute atomic E-state index is 13.7.